The van der Waals surface area contributed by atoms with Crippen LogP contribution in [0.15, 0.2) is 30.5 Å². The van der Waals surface area contributed by atoms with Crippen LogP contribution in [0.3, 0.4) is 0 Å². The van der Waals surface area contributed by atoms with Crippen LogP contribution in [0, 0.1) is 23.0 Å². The van der Waals surface area contributed by atoms with Gasteiger partial charge in [0, 0.05) is 42.9 Å². The molecule has 2 aromatic heterocycles. The summed E-state index contributed by atoms with van der Waals surface area (Å²) in [4.78, 5) is 18.8. The van der Waals surface area contributed by atoms with Crippen molar-refractivity contribution in [2.45, 2.75) is 89.7 Å². The van der Waals surface area contributed by atoms with Gasteiger partial charge < -0.3 is 19.8 Å². The quantitative estimate of drug-likeness (QED) is 0.206. The van der Waals surface area contributed by atoms with Crippen molar-refractivity contribution in [2.75, 3.05) is 37.7 Å². The Morgan fingerprint density at radius 2 is 1.83 bits per heavy atom. The number of anilines is 1. The molecule has 2 saturated carbocycles. The molecule has 2 aromatic carbocycles. The van der Waals surface area contributed by atoms with Gasteiger partial charge in [0.05, 0.1) is 17.6 Å². The molecule has 48 heavy (non-hydrogen) atoms. The lowest BCUT2D eigenvalue weighted by Crippen LogP contribution is -2.52. The average molecular weight is 658 g/mol. The summed E-state index contributed by atoms with van der Waals surface area (Å²) in [5.74, 6) is 0.166. The van der Waals surface area contributed by atoms with Crippen LogP contribution in [0.2, 0.25) is 0 Å². The molecule has 2 aliphatic carbocycles. The third kappa shape index (κ3) is 5.64. The number of aromatic nitrogens is 3. The second-order valence-electron chi connectivity index (χ2n) is 15.1. The van der Waals surface area contributed by atoms with Gasteiger partial charge in [-0.2, -0.15) is 9.97 Å². The van der Waals surface area contributed by atoms with Gasteiger partial charge in [-0.05, 0) is 112 Å². The number of hydrogen-bond acceptors (Lipinski definition) is 8. The van der Waals surface area contributed by atoms with Gasteiger partial charge >= 0.3 is 6.01 Å². The fraction of sp³-hybridized carbons (Fsp3) is 0.553. The highest BCUT2D eigenvalue weighted by Gasteiger charge is 2.49. The summed E-state index contributed by atoms with van der Waals surface area (Å²) in [6, 6.07) is 6.54. The van der Waals surface area contributed by atoms with E-state index in [1.54, 1.807) is 18.3 Å². The molecule has 10 heteroatoms. The normalized spacial score (nSPS) is 26.4. The van der Waals surface area contributed by atoms with Crippen LogP contribution in [0.5, 0.6) is 11.8 Å². The van der Waals surface area contributed by atoms with E-state index in [2.05, 4.69) is 9.88 Å². The summed E-state index contributed by atoms with van der Waals surface area (Å²) in [5, 5.41) is 23.2. The lowest BCUT2D eigenvalue weighted by atomic mass is 9.75. The zero-order chi connectivity index (χ0) is 33.2. The molecule has 4 aromatic rings. The molecular weight excluding hydrogens is 612 g/mol. The van der Waals surface area contributed by atoms with Crippen molar-refractivity contribution in [1.82, 2.24) is 19.9 Å². The first-order valence-electron chi connectivity index (χ1n) is 17.8. The molecule has 3 atom stereocenters. The minimum Gasteiger partial charge on any atom is -0.508 e. The molecule has 4 fully saturated rings. The van der Waals surface area contributed by atoms with Gasteiger partial charge in [0.2, 0.25) is 0 Å². The molecule has 0 amide bonds. The number of aryl methyl sites for hydroxylation is 1. The monoisotopic (exact) mass is 657 g/mol. The predicted molar refractivity (Wildman–Crippen MR) is 182 cm³/mol. The Labute approximate surface area is 280 Å². The van der Waals surface area contributed by atoms with Crippen molar-refractivity contribution in [3.63, 3.8) is 0 Å². The first kappa shape index (κ1) is 31.6. The van der Waals surface area contributed by atoms with Crippen molar-refractivity contribution in [3.05, 3.63) is 47.7 Å². The highest BCUT2D eigenvalue weighted by atomic mass is 19.1. The Hall–Kier alpha value is -3.63. The molecule has 2 N–H and O–H groups in total. The summed E-state index contributed by atoms with van der Waals surface area (Å²) in [6.45, 7) is 7.42. The van der Waals surface area contributed by atoms with Crippen molar-refractivity contribution in [2.24, 2.45) is 11.3 Å². The number of ether oxygens (including phenoxy) is 1. The molecule has 4 heterocycles. The molecular formula is C38H45F2N5O3. The number of rotatable bonds is 8. The number of aliphatic hydroxyl groups is 1. The summed E-state index contributed by atoms with van der Waals surface area (Å²) in [6.07, 6.45) is 11.7. The van der Waals surface area contributed by atoms with Gasteiger partial charge in [0.15, 0.2) is 5.82 Å². The van der Waals surface area contributed by atoms with Crippen molar-refractivity contribution in [1.29, 1.82) is 0 Å². The molecule has 0 bridgehead atoms. The van der Waals surface area contributed by atoms with E-state index in [0.717, 1.165) is 38.1 Å². The molecule has 8 rings (SSSR count). The van der Waals surface area contributed by atoms with E-state index >= 15 is 8.78 Å². The molecule has 0 spiro atoms. The van der Waals surface area contributed by atoms with Gasteiger partial charge in [-0.25, -0.2) is 8.78 Å². The van der Waals surface area contributed by atoms with Crippen LogP contribution in [0.4, 0.5) is 14.6 Å². The van der Waals surface area contributed by atoms with Gasteiger partial charge in [0.25, 0.3) is 0 Å². The average Bonchev–Trinajstić information content (AvgIpc) is 3.78. The van der Waals surface area contributed by atoms with E-state index in [1.165, 1.54) is 44.4 Å². The highest BCUT2D eigenvalue weighted by molar-refractivity contribution is 6.01. The van der Waals surface area contributed by atoms with Gasteiger partial charge in [-0.3, -0.25) is 9.88 Å². The molecule has 2 saturated heterocycles. The van der Waals surface area contributed by atoms with Crippen LogP contribution in [-0.2, 0) is 6.42 Å². The largest absolute Gasteiger partial charge is 0.508 e. The number of nitrogens with zero attached hydrogens (tertiary/aromatic N) is 5. The van der Waals surface area contributed by atoms with E-state index < -0.39 is 17.2 Å². The topological polar surface area (TPSA) is 94.8 Å². The molecule has 8 nitrogen and oxygen atoms in total. The number of halogens is 2. The number of likely N-dealkylation sites (tertiary alicyclic amines) is 1. The predicted octanol–water partition coefficient (Wildman–Crippen LogP) is 7.17. The molecule has 0 radical (unpaired) electrons. The van der Waals surface area contributed by atoms with E-state index in [1.807, 2.05) is 18.7 Å². The lowest BCUT2D eigenvalue weighted by molar-refractivity contribution is -0.00244. The Morgan fingerprint density at radius 1 is 1.02 bits per heavy atom. The fourth-order valence-corrected chi connectivity index (χ4v) is 9.02. The number of phenols is 1. The summed E-state index contributed by atoms with van der Waals surface area (Å²) in [5.41, 5.74) is -0.149. The standard InChI is InChI=1S/C38H45F2N5O3/c1-3-26-29(39)11-10-24-17-25(46)18-27(31(24)26)33-32(40)34-28(19-41-33)35(45-16-5-12-37(2,47)21-45)43-36(42-34)48-22-38-13-4-7-30(38)44(15-6-14-38)20-23-8-9-23/h10-11,17-19,23,30,46-47H,3-9,12-16,20-22H2,1-2H3/t30?,37-,38-/m1/s1. The third-order valence-corrected chi connectivity index (χ3v) is 11.5. The number of β-amino-alcohol motifs (C(OH)–C–C–N with tert-alkyl or cyclic N) is 1. The highest BCUT2D eigenvalue weighted by Crippen LogP contribution is 2.49. The first-order valence-corrected chi connectivity index (χ1v) is 17.8. The van der Waals surface area contributed by atoms with Crippen molar-refractivity contribution < 1.29 is 23.7 Å². The smallest absolute Gasteiger partial charge is 0.319 e. The number of phenolic OH excluding ortho intramolecular Hbond substituents is 1. The van der Waals surface area contributed by atoms with E-state index in [4.69, 9.17) is 14.7 Å². The summed E-state index contributed by atoms with van der Waals surface area (Å²) in [7, 11) is 0. The van der Waals surface area contributed by atoms with E-state index in [0.29, 0.717) is 71.7 Å². The maximum Gasteiger partial charge on any atom is 0.319 e. The number of fused-ring (bicyclic) bond motifs is 3. The Morgan fingerprint density at radius 3 is 2.62 bits per heavy atom. The number of piperidine rings is 2. The van der Waals surface area contributed by atoms with Crippen molar-refractivity contribution in [3.8, 4) is 23.0 Å². The first-order chi connectivity index (χ1) is 23.1. The zero-order valence-electron chi connectivity index (χ0n) is 27.9. The molecule has 4 aliphatic rings. The second kappa shape index (κ2) is 12.1. The maximum absolute atomic E-state index is 17.0. The van der Waals surface area contributed by atoms with Crippen LogP contribution in [0.1, 0.15) is 77.2 Å². The minimum atomic E-state index is -0.924. The summed E-state index contributed by atoms with van der Waals surface area (Å²) >= 11 is 0. The fourth-order valence-electron chi connectivity index (χ4n) is 9.02. The van der Waals surface area contributed by atoms with Gasteiger partial charge in [0.1, 0.15) is 28.6 Å². The third-order valence-electron chi connectivity index (χ3n) is 11.5. The van der Waals surface area contributed by atoms with Crippen molar-refractivity contribution >= 4 is 27.5 Å². The van der Waals surface area contributed by atoms with Gasteiger partial charge in [-0.15, -0.1) is 0 Å². The van der Waals surface area contributed by atoms with Gasteiger partial charge in [-0.1, -0.05) is 19.4 Å². The number of hydrogen-bond donors (Lipinski definition) is 2. The maximum atomic E-state index is 17.0. The summed E-state index contributed by atoms with van der Waals surface area (Å²) < 4.78 is 38.5. The van der Waals surface area contributed by atoms with E-state index in [9.17, 15) is 10.2 Å². The molecule has 1 unspecified atom stereocenters. The lowest BCUT2D eigenvalue weighted by Gasteiger charge is -2.46. The zero-order valence-corrected chi connectivity index (χ0v) is 27.9. The Bertz CT molecular complexity index is 1880. The Kier molecular flexibility index (Phi) is 7.94. The second-order valence-corrected chi connectivity index (χ2v) is 15.1. The van der Waals surface area contributed by atoms with Crippen LogP contribution >= 0.6 is 0 Å². The van der Waals surface area contributed by atoms with Crippen LogP contribution < -0.4 is 9.64 Å². The number of aromatic hydroxyl groups is 1. The molecule has 254 valence electrons. The minimum absolute atomic E-state index is 0.0173. The molecule has 2 aliphatic heterocycles. The SMILES string of the molecule is CCc1c(F)ccc2cc(O)cc(-c3ncc4c(N5CCC[C@@](C)(O)C5)nc(OC[C@]56CCCC5N(CC5CC5)CCC6)nc4c3F)c12. The number of pyridine rings is 1. The van der Waals surface area contributed by atoms with E-state index in [-0.39, 0.29) is 28.4 Å². The Balaban J connectivity index is 1.23. The number of benzene rings is 2. The van der Waals surface area contributed by atoms with Crippen LogP contribution in [0.25, 0.3) is 32.9 Å². The van der Waals surface area contributed by atoms with Crippen LogP contribution in [-0.4, -0.2) is 74.5 Å².